The fourth-order valence-corrected chi connectivity index (χ4v) is 2.69. The van der Waals surface area contributed by atoms with Crippen LogP contribution in [-0.4, -0.2) is 16.5 Å². The molecular formula is C15H12FN3. The molecule has 0 aliphatic carbocycles. The maximum absolute atomic E-state index is 13.2. The van der Waals surface area contributed by atoms with Crippen molar-refractivity contribution in [2.45, 2.75) is 5.92 Å². The summed E-state index contributed by atoms with van der Waals surface area (Å²) in [4.78, 5) is 7.80. The van der Waals surface area contributed by atoms with Crippen molar-refractivity contribution in [2.75, 3.05) is 11.9 Å². The number of fused-ring (bicyclic) bond motifs is 2. The Bertz CT molecular complexity index is 763. The highest BCUT2D eigenvalue weighted by atomic mass is 19.1. The Morgan fingerprint density at radius 1 is 1.16 bits per heavy atom. The van der Waals surface area contributed by atoms with Crippen molar-refractivity contribution in [1.82, 2.24) is 9.97 Å². The molecule has 0 bridgehead atoms. The molecule has 0 fully saturated rings. The number of nitrogens with one attached hydrogen (secondary N) is 2. The van der Waals surface area contributed by atoms with Gasteiger partial charge in [0.1, 0.15) is 11.6 Å². The number of imidazole rings is 1. The molecule has 94 valence electrons. The first-order valence-electron chi connectivity index (χ1n) is 6.29. The summed E-state index contributed by atoms with van der Waals surface area (Å²) in [6.07, 6.45) is 0. The van der Waals surface area contributed by atoms with Crippen LogP contribution in [0.5, 0.6) is 0 Å². The van der Waals surface area contributed by atoms with Crippen molar-refractivity contribution in [3.63, 3.8) is 0 Å². The maximum Gasteiger partial charge on any atom is 0.125 e. The molecule has 1 unspecified atom stereocenters. The number of aromatic amines is 1. The molecule has 1 aromatic heterocycles. The Balaban J connectivity index is 1.83. The van der Waals surface area contributed by atoms with Gasteiger partial charge in [-0.15, -0.1) is 0 Å². The smallest absolute Gasteiger partial charge is 0.125 e. The summed E-state index contributed by atoms with van der Waals surface area (Å²) in [5.74, 6) is 0.845. The van der Waals surface area contributed by atoms with Gasteiger partial charge in [-0.05, 0) is 29.8 Å². The minimum atomic E-state index is -0.243. The van der Waals surface area contributed by atoms with E-state index < -0.39 is 0 Å². The quantitative estimate of drug-likeness (QED) is 0.699. The number of nitrogens with zero attached hydrogens (tertiary/aromatic N) is 1. The second-order valence-corrected chi connectivity index (χ2v) is 4.80. The number of aromatic nitrogens is 2. The number of para-hydroxylation sites is 1. The predicted molar refractivity (Wildman–Crippen MR) is 72.8 cm³/mol. The summed E-state index contributed by atoms with van der Waals surface area (Å²) in [5, 5.41) is 3.37. The van der Waals surface area contributed by atoms with Crippen molar-refractivity contribution in [3.05, 3.63) is 59.7 Å². The Morgan fingerprint density at radius 2 is 2.05 bits per heavy atom. The molecule has 3 aromatic rings. The molecule has 1 aliphatic rings. The molecule has 0 saturated carbocycles. The number of hydrogen-bond donors (Lipinski definition) is 2. The monoisotopic (exact) mass is 253 g/mol. The highest BCUT2D eigenvalue weighted by molar-refractivity contribution is 5.75. The van der Waals surface area contributed by atoms with Crippen LogP contribution in [0.25, 0.3) is 11.0 Å². The van der Waals surface area contributed by atoms with E-state index in [9.17, 15) is 4.39 Å². The molecule has 1 atom stereocenters. The molecule has 0 saturated heterocycles. The van der Waals surface area contributed by atoms with Crippen molar-refractivity contribution >= 4 is 16.7 Å². The van der Waals surface area contributed by atoms with Crippen LogP contribution in [0.3, 0.4) is 0 Å². The van der Waals surface area contributed by atoms with Crippen LogP contribution < -0.4 is 5.32 Å². The summed E-state index contributed by atoms with van der Waals surface area (Å²) >= 11 is 0. The lowest BCUT2D eigenvalue weighted by atomic mass is 10.0. The standard InChI is InChI=1S/C15H12FN3/c16-9-5-6-13-14(7-9)19-15(18-13)11-8-17-12-4-2-1-3-10(11)12/h1-7,11,17H,8H2,(H,18,19). The minimum absolute atomic E-state index is 0.201. The summed E-state index contributed by atoms with van der Waals surface area (Å²) in [5.41, 5.74) is 3.95. The molecule has 0 amide bonds. The van der Waals surface area contributed by atoms with Crippen LogP contribution in [-0.2, 0) is 0 Å². The third-order valence-corrected chi connectivity index (χ3v) is 3.63. The van der Waals surface area contributed by atoms with Crippen LogP contribution >= 0.6 is 0 Å². The van der Waals surface area contributed by atoms with E-state index >= 15 is 0 Å². The van der Waals surface area contributed by atoms with Crippen molar-refractivity contribution in [3.8, 4) is 0 Å². The molecule has 2 N–H and O–H groups in total. The number of H-pyrrole nitrogens is 1. The Morgan fingerprint density at radius 3 is 3.00 bits per heavy atom. The topological polar surface area (TPSA) is 40.7 Å². The van der Waals surface area contributed by atoms with Gasteiger partial charge >= 0.3 is 0 Å². The highest BCUT2D eigenvalue weighted by Crippen LogP contribution is 2.35. The van der Waals surface area contributed by atoms with Gasteiger partial charge < -0.3 is 10.3 Å². The van der Waals surface area contributed by atoms with Crippen LogP contribution in [0.1, 0.15) is 17.3 Å². The van der Waals surface area contributed by atoms with Gasteiger partial charge in [0, 0.05) is 12.2 Å². The lowest BCUT2D eigenvalue weighted by Crippen LogP contribution is -2.05. The second kappa shape index (κ2) is 3.82. The van der Waals surface area contributed by atoms with E-state index in [2.05, 4.69) is 27.4 Å². The molecule has 2 heterocycles. The first-order chi connectivity index (χ1) is 9.31. The molecule has 1 aliphatic heterocycles. The summed E-state index contributed by atoms with van der Waals surface area (Å²) < 4.78 is 13.2. The van der Waals surface area contributed by atoms with Crippen LogP contribution in [0.2, 0.25) is 0 Å². The van der Waals surface area contributed by atoms with Crippen LogP contribution in [0.15, 0.2) is 42.5 Å². The molecule has 4 rings (SSSR count). The van der Waals surface area contributed by atoms with Gasteiger partial charge in [0.15, 0.2) is 0 Å². The fourth-order valence-electron chi connectivity index (χ4n) is 2.69. The summed E-state index contributed by atoms with van der Waals surface area (Å²) in [6, 6.07) is 12.8. The number of rotatable bonds is 1. The van der Waals surface area contributed by atoms with Gasteiger partial charge in [-0.1, -0.05) is 18.2 Å². The third kappa shape index (κ3) is 1.60. The zero-order valence-corrected chi connectivity index (χ0v) is 10.2. The van der Waals surface area contributed by atoms with Gasteiger partial charge in [-0.25, -0.2) is 9.37 Å². The predicted octanol–water partition coefficient (Wildman–Crippen LogP) is 3.26. The number of halogens is 1. The lowest BCUT2D eigenvalue weighted by Gasteiger charge is -2.05. The van der Waals surface area contributed by atoms with Crippen molar-refractivity contribution in [2.24, 2.45) is 0 Å². The van der Waals surface area contributed by atoms with Gasteiger partial charge in [0.25, 0.3) is 0 Å². The molecular weight excluding hydrogens is 241 g/mol. The van der Waals surface area contributed by atoms with Crippen LogP contribution in [0.4, 0.5) is 10.1 Å². The third-order valence-electron chi connectivity index (χ3n) is 3.63. The Kier molecular flexibility index (Phi) is 2.12. The normalized spacial score (nSPS) is 17.4. The zero-order chi connectivity index (χ0) is 12.8. The molecule has 3 nitrogen and oxygen atoms in total. The molecule has 0 radical (unpaired) electrons. The second-order valence-electron chi connectivity index (χ2n) is 4.80. The van der Waals surface area contributed by atoms with E-state index in [0.29, 0.717) is 0 Å². The first-order valence-corrected chi connectivity index (χ1v) is 6.29. The largest absolute Gasteiger partial charge is 0.384 e. The van der Waals surface area contributed by atoms with Crippen LogP contribution in [0, 0.1) is 5.82 Å². The van der Waals surface area contributed by atoms with E-state index in [1.54, 1.807) is 6.07 Å². The molecule has 0 spiro atoms. The average molecular weight is 253 g/mol. The van der Waals surface area contributed by atoms with Crippen molar-refractivity contribution in [1.29, 1.82) is 0 Å². The first kappa shape index (κ1) is 10.6. The van der Waals surface area contributed by atoms with E-state index in [1.807, 2.05) is 12.1 Å². The molecule has 4 heteroatoms. The minimum Gasteiger partial charge on any atom is -0.384 e. The number of benzene rings is 2. The van der Waals surface area contributed by atoms with E-state index in [0.717, 1.165) is 29.1 Å². The number of hydrogen-bond acceptors (Lipinski definition) is 2. The fraction of sp³-hybridized carbons (Fsp3) is 0.133. The van der Waals surface area contributed by atoms with Gasteiger partial charge in [0.2, 0.25) is 0 Å². The molecule has 2 aromatic carbocycles. The van der Waals surface area contributed by atoms with E-state index in [1.165, 1.54) is 17.7 Å². The molecule has 19 heavy (non-hydrogen) atoms. The SMILES string of the molecule is Fc1ccc2nc(C3CNc4ccccc43)[nH]c2c1. The van der Waals surface area contributed by atoms with Gasteiger partial charge in [0.05, 0.1) is 17.0 Å². The Labute approximate surface area is 109 Å². The Hall–Kier alpha value is -2.36. The van der Waals surface area contributed by atoms with Gasteiger partial charge in [-0.3, -0.25) is 0 Å². The van der Waals surface area contributed by atoms with Gasteiger partial charge in [-0.2, -0.15) is 0 Å². The summed E-state index contributed by atoms with van der Waals surface area (Å²) in [6.45, 7) is 0.821. The van der Waals surface area contributed by atoms with E-state index in [-0.39, 0.29) is 11.7 Å². The average Bonchev–Trinajstić information content (AvgIpc) is 3.00. The summed E-state index contributed by atoms with van der Waals surface area (Å²) in [7, 11) is 0. The van der Waals surface area contributed by atoms with E-state index in [4.69, 9.17) is 0 Å². The lowest BCUT2D eigenvalue weighted by molar-refractivity contribution is 0.629. The maximum atomic E-state index is 13.2. The highest BCUT2D eigenvalue weighted by Gasteiger charge is 2.25. The zero-order valence-electron chi connectivity index (χ0n) is 10.2. The number of anilines is 1. The van der Waals surface area contributed by atoms with Crippen molar-refractivity contribution < 1.29 is 4.39 Å².